The normalized spacial score (nSPS) is 13.8. The molecule has 2 heterocycles. The van der Waals surface area contributed by atoms with Crippen molar-refractivity contribution in [3.05, 3.63) is 81.4 Å². The zero-order valence-corrected chi connectivity index (χ0v) is 14.3. The molecule has 3 aromatic rings. The highest BCUT2D eigenvalue weighted by Crippen LogP contribution is 2.24. The Morgan fingerprint density at radius 2 is 1.84 bits per heavy atom. The fraction of sp³-hybridized carbons (Fsp3) is 0.150. The number of hydrogen-bond acceptors (Lipinski definition) is 3. The SMILES string of the molecule is O=c1[nH]c(CCC2=NC(c3ccc(Cl)cc3)=CC2)nc2ccccc12. The fourth-order valence-corrected chi connectivity index (χ4v) is 3.08. The van der Waals surface area contributed by atoms with Crippen LogP contribution < -0.4 is 5.56 Å². The van der Waals surface area contributed by atoms with E-state index in [0.717, 1.165) is 40.4 Å². The summed E-state index contributed by atoms with van der Waals surface area (Å²) in [6.07, 6.45) is 4.39. The first-order valence-corrected chi connectivity index (χ1v) is 8.57. The molecule has 0 unspecified atom stereocenters. The molecular formula is C20H16ClN3O. The molecule has 1 N–H and O–H groups in total. The lowest BCUT2D eigenvalue weighted by Gasteiger charge is -2.03. The summed E-state index contributed by atoms with van der Waals surface area (Å²) in [5.41, 5.74) is 3.78. The third-order valence-electron chi connectivity index (χ3n) is 4.26. The molecule has 0 saturated heterocycles. The van der Waals surface area contributed by atoms with Crippen LogP contribution in [0.1, 0.15) is 24.2 Å². The van der Waals surface area contributed by atoms with Gasteiger partial charge < -0.3 is 4.98 Å². The van der Waals surface area contributed by atoms with Crippen molar-refractivity contribution >= 4 is 33.9 Å². The molecule has 0 atom stereocenters. The highest BCUT2D eigenvalue weighted by Gasteiger charge is 2.12. The molecule has 0 bridgehead atoms. The Labute approximate surface area is 149 Å². The van der Waals surface area contributed by atoms with Crippen molar-refractivity contribution < 1.29 is 0 Å². The number of aromatic nitrogens is 2. The Bertz CT molecular complexity index is 1050. The molecule has 2 aromatic carbocycles. The molecule has 5 heteroatoms. The van der Waals surface area contributed by atoms with Gasteiger partial charge in [-0.2, -0.15) is 0 Å². The molecule has 4 nitrogen and oxygen atoms in total. The zero-order valence-electron chi connectivity index (χ0n) is 13.5. The van der Waals surface area contributed by atoms with Crippen LogP contribution in [0.15, 0.2) is 64.4 Å². The van der Waals surface area contributed by atoms with E-state index in [2.05, 4.69) is 16.0 Å². The molecule has 0 fully saturated rings. The summed E-state index contributed by atoms with van der Waals surface area (Å²) in [6, 6.07) is 15.1. The zero-order chi connectivity index (χ0) is 17.2. The summed E-state index contributed by atoms with van der Waals surface area (Å²) < 4.78 is 0. The molecule has 25 heavy (non-hydrogen) atoms. The highest BCUT2D eigenvalue weighted by molar-refractivity contribution is 6.30. The predicted molar refractivity (Wildman–Crippen MR) is 102 cm³/mol. The molecule has 0 saturated carbocycles. The van der Waals surface area contributed by atoms with Crippen LogP contribution in [0.4, 0.5) is 0 Å². The molecule has 1 aliphatic rings. The van der Waals surface area contributed by atoms with E-state index >= 15 is 0 Å². The summed E-state index contributed by atoms with van der Waals surface area (Å²) in [7, 11) is 0. The van der Waals surface area contributed by atoms with Crippen molar-refractivity contribution in [3.8, 4) is 0 Å². The van der Waals surface area contributed by atoms with E-state index in [1.165, 1.54) is 0 Å². The number of fused-ring (bicyclic) bond motifs is 1. The van der Waals surface area contributed by atoms with Crippen molar-refractivity contribution in [1.29, 1.82) is 0 Å². The summed E-state index contributed by atoms with van der Waals surface area (Å²) in [5.74, 6) is 0.700. The number of nitrogens with one attached hydrogen (secondary N) is 1. The molecule has 0 aliphatic carbocycles. The van der Waals surface area contributed by atoms with Gasteiger partial charge in [-0.3, -0.25) is 9.79 Å². The van der Waals surface area contributed by atoms with Crippen LogP contribution in [0.5, 0.6) is 0 Å². The smallest absolute Gasteiger partial charge is 0.258 e. The van der Waals surface area contributed by atoms with Gasteiger partial charge in [-0.05, 0) is 36.2 Å². The van der Waals surface area contributed by atoms with Crippen LogP contribution in [0, 0.1) is 0 Å². The minimum absolute atomic E-state index is 0.0889. The minimum atomic E-state index is -0.0889. The first-order valence-electron chi connectivity index (χ1n) is 8.19. The van der Waals surface area contributed by atoms with Crippen molar-refractivity contribution in [1.82, 2.24) is 9.97 Å². The fourth-order valence-electron chi connectivity index (χ4n) is 2.95. The monoisotopic (exact) mass is 349 g/mol. The summed E-state index contributed by atoms with van der Waals surface area (Å²) in [6.45, 7) is 0. The summed E-state index contributed by atoms with van der Waals surface area (Å²) in [4.78, 5) is 24.2. The third kappa shape index (κ3) is 3.39. The van der Waals surface area contributed by atoms with Gasteiger partial charge >= 0.3 is 0 Å². The minimum Gasteiger partial charge on any atom is -0.310 e. The van der Waals surface area contributed by atoms with Crippen molar-refractivity contribution in [2.75, 3.05) is 0 Å². The van der Waals surface area contributed by atoms with Gasteiger partial charge in [0.15, 0.2) is 0 Å². The Balaban J connectivity index is 1.48. The van der Waals surface area contributed by atoms with Crippen molar-refractivity contribution in [3.63, 3.8) is 0 Å². The summed E-state index contributed by atoms with van der Waals surface area (Å²) in [5, 5.41) is 1.34. The number of aromatic amines is 1. The van der Waals surface area contributed by atoms with Gasteiger partial charge in [-0.25, -0.2) is 4.98 Å². The van der Waals surface area contributed by atoms with E-state index in [4.69, 9.17) is 16.6 Å². The van der Waals surface area contributed by atoms with Gasteiger partial charge in [0.1, 0.15) is 5.82 Å². The van der Waals surface area contributed by atoms with E-state index in [9.17, 15) is 4.79 Å². The number of rotatable bonds is 4. The number of allylic oxidation sites excluding steroid dienone is 1. The number of H-pyrrole nitrogens is 1. The Morgan fingerprint density at radius 1 is 1.04 bits per heavy atom. The van der Waals surface area contributed by atoms with Crippen LogP contribution >= 0.6 is 11.6 Å². The van der Waals surface area contributed by atoms with Crippen LogP contribution in [-0.2, 0) is 6.42 Å². The number of aryl methyl sites for hydroxylation is 1. The Kier molecular flexibility index (Phi) is 4.20. The van der Waals surface area contributed by atoms with Crippen LogP contribution in [0.25, 0.3) is 16.6 Å². The molecule has 124 valence electrons. The Hall–Kier alpha value is -2.72. The van der Waals surface area contributed by atoms with Crippen molar-refractivity contribution in [2.45, 2.75) is 19.3 Å². The van der Waals surface area contributed by atoms with Gasteiger partial charge in [-0.1, -0.05) is 41.9 Å². The van der Waals surface area contributed by atoms with Gasteiger partial charge in [0.25, 0.3) is 5.56 Å². The van der Waals surface area contributed by atoms with Gasteiger partial charge in [0, 0.05) is 23.6 Å². The molecule has 1 aromatic heterocycles. The molecule has 1 aliphatic heterocycles. The number of aliphatic imine (C=N–C) groups is 1. The maximum absolute atomic E-state index is 12.1. The first-order chi connectivity index (χ1) is 12.2. The van der Waals surface area contributed by atoms with Crippen LogP contribution in [0.2, 0.25) is 5.02 Å². The molecule has 0 radical (unpaired) electrons. The van der Waals surface area contributed by atoms with Gasteiger partial charge in [0.2, 0.25) is 0 Å². The Morgan fingerprint density at radius 3 is 2.68 bits per heavy atom. The van der Waals surface area contributed by atoms with Crippen molar-refractivity contribution in [2.24, 2.45) is 4.99 Å². The first kappa shape index (κ1) is 15.8. The lowest BCUT2D eigenvalue weighted by atomic mass is 10.1. The molecule has 4 rings (SSSR count). The van der Waals surface area contributed by atoms with Crippen LogP contribution in [0.3, 0.4) is 0 Å². The lowest BCUT2D eigenvalue weighted by Crippen LogP contribution is -2.12. The third-order valence-corrected chi connectivity index (χ3v) is 4.51. The lowest BCUT2D eigenvalue weighted by molar-refractivity contribution is 0.896. The maximum atomic E-state index is 12.1. The predicted octanol–water partition coefficient (Wildman–Crippen LogP) is 4.39. The largest absolute Gasteiger partial charge is 0.310 e. The van der Waals surface area contributed by atoms with Gasteiger partial charge in [0.05, 0.1) is 16.6 Å². The second kappa shape index (κ2) is 6.65. The van der Waals surface area contributed by atoms with Crippen LogP contribution in [-0.4, -0.2) is 15.7 Å². The number of hydrogen-bond donors (Lipinski definition) is 1. The molecule has 0 spiro atoms. The van der Waals surface area contributed by atoms with E-state index in [-0.39, 0.29) is 5.56 Å². The average molecular weight is 350 g/mol. The quantitative estimate of drug-likeness (QED) is 0.759. The highest BCUT2D eigenvalue weighted by atomic mass is 35.5. The standard InChI is InChI=1S/C20H16ClN3O/c21-14-7-5-13(6-8-14)17-11-9-15(22-17)10-12-19-23-18-4-2-1-3-16(18)20(25)24-19/h1-8,11H,9-10,12H2,(H,23,24,25). The van der Waals surface area contributed by atoms with E-state index in [1.807, 2.05) is 42.5 Å². The van der Waals surface area contributed by atoms with Gasteiger partial charge in [-0.15, -0.1) is 0 Å². The number of nitrogens with zero attached hydrogens (tertiary/aromatic N) is 2. The second-order valence-corrected chi connectivity index (χ2v) is 6.44. The number of para-hydroxylation sites is 1. The average Bonchev–Trinajstić information content (AvgIpc) is 3.10. The maximum Gasteiger partial charge on any atom is 0.258 e. The van der Waals surface area contributed by atoms with E-state index in [0.29, 0.717) is 17.6 Å². The van der Waals surface area contributed by atoms with E-state index < -0.39 is 0 Å². The topological polar surface area (TPSA) is 58.1 Å². The summed E-state index contributed by atoms with van der Waals surface area (Å²) >= 11 is 5.93. The molecule has 0 amide bonds. The number of halogens is 1. The van der Waals surface area contributed by atoms with E-state index in [1.54, 1.807) is 6.07 Å². The number of benzene rings is 2. The molecular weight excluding hydrogens is 334 g/mol. The second-order valence-electron chi connectivity index (χ2n) is 6.01.